The first-order valence-corrected chi connectivity index (χ1v) is 6.79. The van der Waals surface area contributed by atoms with E-state index in [0.29, 0.717) is 13.2 Å². The molecule has 0 radical (unpaired) electrons. The van der Waals surface area contributed by atoms with Gasteiger partial charge in [0.15, 0.2) is 0 Å². The van der Waals surface area contributed by atoms with Gasteiger partial charge in [0, 0.05) is 24.4 Å². The van der Waals surface area contributed by atoms with Gasteiger partial charge in [-0.05, 0) is 36.8 Å². The Kier molecular flexibility index (Phi) is 6.38. The second kappa shape index (κ2) is 7.61. The van der Waals surface area contributed by atoms with Gasteiger partial charge in [0.1, 0.15) is 5.75 Å². The van der Waals surface area contributed by atoms with Crippen molar-refractivity contribution >= 4 is 11.8 Å². The molecule has 2 aliphatic heterocycles. The molecule has 5 nitrogen and oxygen atoms in total. The maximum Gasteiger partial charge on any atom is 0.413 e. The highest BCUT2D eigenvalue weighted by molar-refractivity contribution is 5.71. The quantitative estimate of drug-likeness (QED) is 0.606. The molecule has 1 aromatic carbocycles. The Hall–Kier alpha value is -1.59. The van der Waals surface area contributed by atoms with Crippen LogP contribution in [0.15, 0.2) is 30.5 Å². The third-order valence-electron chi connectivity index (χ3n) is 3.78. The summed E-state index contributed by atoms with van der Waals surface area (Å²) < 4.78 is 10.3. The van der Waals surface area contributed by atoms with Gasteiger partial charge < -0.3 is 39.6 Å². The van der Waals surface area contributed by atoms with Crippen LogP contribution >= 0.6 is 0 Å². The molecule has 0 bridgehead atoms. The van der Waals surface area contributed by atoms with Crippen LogP contribution in [0.25, 0.3) is 0 Å². The van der Waals surface area contributed by atoms with Crippen LogP contribution in [-0.4, -0.2) is 37.3 Å². The number of hydrogen-bond donors (Lipinski definition) is 1. The number of ether oxygens (including phenoxy) is 2. The van der Waals surface area contributed by atoms with Crippen molar-refractivity contribution in [2.24, 2.45) is 0 Å². The molecule has 0 saturated carbocycles. The fraction of sp³-hybridized carbons (Fsp3) is 0.400. The average Bonchev–Trinajstić information content (AvgIpc) is 2.84. The Labute approximate surface area is 142 Å². The van der Waals surface area contributed by atoms with Crippen molar-refractivity contribution in [2.45, 2.75) is 18.9 Å². The molecule has 2 unspecified atom stereocenters. The molecular weight excluding hydrogens is 327 g/mol. The molecule has 3 rings (SSSR count). The van der Waals surface area contributed by atoms with Crippen molar-refractivity contribution in [3.05, 3.63) is 36.0 Å². The summed E-state index contributed by atoms with van der Waals surface area (Å²) in [5, 5.41) is 3.46. The number of nitrogens with zero attached hydrogens (tertiary/aromatic N) is 1. The first-order valence-electron chi connectivity index (χ1n) is 6.79. The molecule has 2 aliphatic rings. The van der Waals surface area contributed by atoms with Gasteiger partial charge in [-0.2, -0.15) is 0 Å². The second-order valence-corrected chi connectivity index (χ2v) is 4.92. The molecule has 0 saturated heterocycles. The molecule has 1 N–H and O–H groups in total. The Bertz CT molecular complexity index is 566. The number of hydrogen-bond acceptors (Lipinski definition) is 4. The first kappa shape index (κ1) is 18.5. The van der Waals surface area contributed by atoms with E-state index in [1.165, 1.54) is 5.56 Å². The van der Waals surface area contributed by atoms with Gasteiger partial charge in [0.2, 0.25) is 0 Å². The Morgan fingerprint density at radius 2 is 2.18 bits per heavy atom. The van der Waals surface area contributed by atoms with Gasteiger partial charge in [-0.15, -0.1) is 0 Å². The number of anilines is 1. The predicted molar refractivity (Wildman–Crippen MR) is 76.0 cm³/mol. The van der Waals surface area contributed by atoms with Crippen LogP contribution in [0.4, 0.5) is 10.5 Å². The highest BCUT2D eigenvalue weighted by Gasteiger charge is 2.36. The molecule has 122 valence electrons. The van der Waals surface area contributed by atoms with Gasteiger partial charge in [0.05, 0.1) is 19.8 Å². The number of rotatable bonds is 2. The van der Waals surface area contributed by atoms with E-state index >= 15 is 0 Å². The summed E-state index contributed by atoms with van der Waals surface area (Å²) in [5.41, 5.74) is 2.30. The first-order chi connectivity index (χ1) is 9.72. The largest absolute Gasteiger partial charge is 1.00 e. The van der Waals surface area contributed by atoms with Crippen molar-refractivity contribution in [3.8, 4) is 5.75 Å². The van der Waals surface area contributed by atoms with Crippen molar-refractivity contribution in [1.29, 1.82) is 0 Å². The lowest BCUT2D eigenvalue weighted by Gasteiger charge is -2.29. The molecule has 2 heterocycles. The zero-order valence-corrected chi connectivity index (χ0v) is 13.9. The number of halogens is 2. The Balaban J connectivity index is 0.00000121. The summed E-state index contributed by atoms with van der Waals surface area (Å²) >= 11 is 0. The van der Waals surface area contributed by atoms with Crippen LogP contribution in [0.3, 0.4) is 0 Å². The second-order valence-electron chi connectivity index (χ2n) is 4.92. The molecule has 0 aliphatic carbocycles. The van der Waals surface area contributed by atoms with Crippen LogP contribution in [0, 0.1) is 0 Å². The van der Waals surface area contributed by atoms with Gasteiger partial charge in [0.25, 0.3) is 0 Å². The number of benzene rings is 1. The molecule has 7 heteroatoms. The lowest BCUT2D eigenvalue weighted by atomic mass is 9.92. The molecular formula is C15H18Cl2N2O3-2. The van der Waals surface area contributed by atoms with Crippen molar-refractivity contribution < 1.29 is 39.1 Å². The van der Waals surface area contributed by atoms with E-state index in [1.807, 2.05) is 31.2 Å². The summed E-state index contributed by atoms with van der Waals surface area (Å²) in [6, 6.07) is 6.23. The van der Waals surface area contributed by atoms with Gasteiger partial charge >= 0.3 is 6.09 Å². The van der Waals surface area contributed by atoms with E-state index in [0.717, 1.165) is 11.4 Å². The van der Waals surface area contributed by atoms with Crippen LogP contribution in [0.2, 0.25) is 0 Å². The average molecular weight is 345 g/mol. The zero-order valence-electron chi connectivity index (χ0n) is 12.4. The van der Waals surface area contributed by atoms with E-state index in [9.17, 15) is 4.79 Å². The minimum atomic E-state index is -0.293. The zero-order chi connectivity index (χ0) is 14.1. The monoisotopic (exact) mass is 344 g/mol. The lowest BCUT2D eigenvalue weighted by Crippen LogP contribution is -3.00. The fourth-order valence-electron chi connectivity index (χ4n) is 2.78. The highest BCUT2D eigenvalue weighted by Crippen LogP contribution is 2.40. The smallest absolute Gasteiger partial charge is 0.413 e. The standard InChI is InChI=1S/C15H18N2O3.2ClH/c1-3-20-15(18)17-7-6-14-12(9-17)11-8-10(19-2)4-5-13(11)16-14;;/h4-8,12,14,16H,3,9H2,1-2H3;2*1H/p-2. The van der Waals surface area contributed by atoms with Crippen LogP contribution in [-0.2, 0) is 4.74 Å². The summed E-state index contributed by atoms with van der Waals surface area (Å²) in [6.07, 6.45) is 3.52. The van der Waals surface area contributed by atoms with Gasteiger partial charge in [-0.25, -0.2) is 4.79 Å². The number of carbonyl (C=O) groups is 1. The van der Waals surface area contributed by atoms with Crippen molar-refractivity contribution in [3.63, 3.8) is 0 Å². The van der Waals surface area contributed by atoms with Crippen LogP contribution in [0.1, 0.15) is 18.4 Å². The van der Waals surface area contributed by atoms with E-state index in [-0.39, 0.29) is 42.9 Å². The van der Waals surface area contributed by atoms with Gasteiger partial charge in [-0.1, -0.05) is 0 Å². The number of nitrogens with one attached hydrogen (secondary N) is 1. The third kappa shape index (κ3) is 3.25. The highest BCUT2D eigenvalue weighted by atomic mass is 35.5. The summed E-state index contributed by atoms with van der Waals surface area (Å²) in [4.78, 5) is 13.5. The maximum atomic E-state index is 11.8. The molecule has 22 heavy (non-hydrogen) atoms. The normalized spacial score (nSPS) is 20.7. The van der Waals surface area contributed by atoms with E-state index in [1.54, 1.807) is 18.2 Å². The van der Waals surface area contributed by atoms with E-state index < -0.39 is 0 Å². The minimum Gasteiger partial charge on any atom is -1.00 e. The van der Waals surface area contributed by atoms with Crippen molar-refractivity contribution in [1.82, 2.24) is 4.90 Å². The topological polar surface area (TPSA) is 50.8 Å². The number of carbonyl (C=O) groups excluding carboxylic acids is 1. The summed E-state index contributed by atoms with van der Waals surface area (Å²) in [6.45, 7) is 2.82. The Morgan fingerprint density at radius 3 is 2.86 bits per heavy atom. The molecule has 1 aromatic rings. The SMILES string of the molecule is CCOC(=O)N1C=CC2Nc3ccc(OC)cc3C2C1.[Cl-].[Cl-]. The van der Waals surface area contributed by atoms with Gasteiger partial charge in [-0.3, -0.25) is 4.90 Å². The lowest BCUT2D eigenvalue weighted by molar-refractivity contribution is -0.001000. The van der Waals surface area contributed by atoms with Crippen LogP contribution < -0.4 is 34.9 Å². The summed E-state index contributed by atoms with van der Waals surface area (Å²) in [5.74, 6) is 1.07. The third-order valence-corrected chi connectivity index (χ3v) is 3.78. The number of fused-ring (bicyclic) bond motifs is 3. The maximum absolute atomic E-state index is 11.8. The molecule has 0 aromatic heterocycles. The molecule has 0 spiro atoms. The van der Waals surface area contributed by atoms with E-state index in [2.05, 4.69) is 5.32 Å². The molecule has 1 amide bonds. The minimum absolute atomic E-state index is 0. The van der Waals surface area contributed by atoms with Crippen LogP contribution in [0.5, 0.6) is 5.75 Å². The molecule has 0 fully saturated rings. The molecule has 2 atom stereocenters. The number of methoxy groups -OCH3 is 1. The summed E-state index contributed by atoms with van der Waals surface area (Å²) in [7, 11) is 1.66. The van der Waals surface area contributed by atoms with Crippen molar-refractivity contribution in [2.75, 3.05) is 25.6 Å². The number of amides is 1. The van der Waals surface area contributed by atoms with E-state index in [4.69, 9.17) is 9.47 Å². The Morgan fingerprint density at radius 1 is 1.41 bits per heavy atom. The predicted octanol–water partition coefficient (Wildman–Crippen LogP) is -3.43. The fourth-order valence-corrected chi connectivity index (χ4v) is 2.78.